The average Bonchev–Trinajstić information content (AvgIpc) is 2.88. The molecular weight excluding hydrogens is 442 g/mol. The maximum absolute atomic E-state index is 12.2. The monoisotopic (exact) mass is 477 g/mol. The molecule has 0 atom stereocenters. The van der Waals surface area contributed by atoms with Gasteiger partial charge in [-0.15, -0.1) is 0 Å². The van der Waals surface area contributed by atoms with E-state index in [1.165, 1.54) is 0 Å². The molecule has 0 radical (unpaired) electrons. The Labute approximate surface area is 207 Å². The number of amidine groups is 1. The Hall–Kier alpha value is -3.62. The van der Waals surface area contributed by atoms with Gasteiger partial charge in [0.05, 0.1) is 13.2 Å². The third-order valence-electron chi connectivity index (χ3n) is 5.79. The number of nitrogens with zero attached hydrogens (tertiary/aromatic N) is 2. The van der Waals surface area contributed by atoms with Gasteiger partial charge in [0, 0.05) is 51.8 Å². The molecule has 1 heterocycles. The SMILES string of the molecule is C=C(/C=C(/OCCc1ccc(CNC(=O)CN2CCNCC2)cc1)C(N)=NC)c1ccccc1O. The molecule has 2 aromatic carbocycles. The first-order valence-electron chi connectivity index (χ1n) is 11.8. The number of hydrogen-bond acceptors (Lipinski definition) is 6. The Bertz CT molecular complexity index is 1060. The van der Waals surface area contributed by atoms with E-state index in [4.69, 9.17) is 10.5 Å². The third kappa shape index (κ3) is 8.27. The molecule has 3 rings (SSSR count). The Kier molecular flexibility index (Phi) is 9.89. The van der Waals surface area contributed by atoms with Crippen molar-refractivity contribution in [1.82, 2.24) is 15.5 Å². The van der Waals surface area contributed by atoms with Crippen LogP contribution in [-0.4, -0.2) is 68.1 Å². The fourth-order valence-corrected chi connectivity index (χ4v) is 3.71. The second-order valence-electron chi connectivity index (χ2n) is 8.38. The van der Waals surface area contributed by atoms with Crippen molar-refractivity contribution in [3.63, 3.8) is 0 Å². The van der Waals surface area contributed by atoms with Gasteiger partial charge in [0.15, 0.2) is 11.6 Å². The van der Waals surface area contributed by atoms with Crippen molar-refractivity contribution in [2.45, 2.75) is 13.0 Å². The number of aliphatic imine (C=N–C) groups is 1. The number of allylic oxidation sites excluding steroid dienone is 2. The molecule has 1 saturated heterocycles. The highest BCUT2D eigenvalue weighted by atomic mass is 16.5. The van der Waals surface area contributed by atoms with Crippen LogP contribution in [-0.2, 0) is 22.5 Å². The number of amides is 1. The minimum atomic E-state index is 0.0456. The van der Waals surface area contributed by atoms with E-state index in [0.717, 1.165) is 37.3 Å². The van der Waals surface area contributed by atoms with Gasteiger partial charge >= 0.3 is 0 Å². The fraction of sp³-hybridized carbons (Fsp3) is 0.333. The van der Waals surface area contributed by atoms with E-state index >= 15 is 0 Å². The van der Waals surface area contributed by atoms with Crippen LogP contribution in [0.15, 0.2) is 71.9 Å². The second-order valence-corrected chi connectivity index (χ2v) is 8.38. The highest BCUT2D eigenvalue weighted by Crippen LogP contribution is 2.25. The van der Waals surface area contributed by atoms with Crippen LogP contribution in [0, 0.1) is 0 Å². The van der Waals surface area contributed by atoms with Crippen LogP contribution in [0.4, 0.5) is 0 Å². The molecule has 35 heavy (non-hydrogen) atoms. The van der Waals surface area contributed by atoms with Crippen LogP contribution >= 0.6 is 0 Å². The topological polar surface area (TPSA) is 112 Å². The summed E-state index contributed by atoms with van der Waals surface area (Å²) in [5.74, 6) is 0.850. The van der Waals surface area contributed by atoms with Gasteiger partial charge < -0.3 is 26.2 Å². The van der Waals surface area contributed by atoms with Gasteiger partial charge in [-0.05, 0) is 28.8 Å². The van der Waals surface area contributed by atoms with E-state index in [1.54, 1.807) is 31.3 Å². The predicted octanol–water partition coefficient (Wildman–Crippen LogP) is 2.06. The van der Waals surface area contributed by atoms with E-state index in [9.17, 15) is 9.90 Å². The number of ether oxygens (including phenoxy) is 1. The molecular formula is C27H35N5O3. The van der Waals surface area contributed by atoms with Gasteiger partial charge in [0.25, 0.3) is 0 Å². The molecule has 8 heteroatoms. The lowest BCUT2D eigenvalue weighted by Crippen LogP contribution is -2.47. The third-order valence-corrected chi connectivity index (χ3v) is 5.79. The number of phenols is 1. The lowest BCUT2D eigenvalue weighted by atomic mass is 10.1. The number of rotatable bonds is 11. The maximum Gasteiger partial charge on any atom is 0.234 e. The van der Waals surface area contributed by atoms with E-state index in [0.29, 0.717) is 43.0 Å². The molecule has 5 N–H and O–H groups in total. The number of carbonyl (C=O) groups excluding carboxylic acids is 1. The van der Waals surface area contributed by atoms with Crippen molar-refractivity contribution in [2.24, 2.45) is 10.7 Å². The summed E-state index contributed by atoms with van der Waals surface area (Å²) in [5.41, 5.74) is 9.34. The summed E-state index contributed by atoms with van der Waals surface area (Å²) in [4.78, 5) is 18.4. The van der Waals surface area contributed by atoms with Gasteiger partial charge in [-0.1, -0.05) is 49.0 Å². The Balaban J connectivity index is 1.48. The summed E-state index contributed by atoms with van der Waals surface area (Å²) in [6, 6.07) is 15.0. The smallest absolute Gasteiger partial charge is 0.234 e. The zero-order valence-electron chi connectivity index (χ0n) is 20.3. The number of para-hydroxylation sites is 1. The quantitative estimate of drug-likeness (QED) is 0.171. The van der Waals surface area contributed by atoms with Crippen LogP contribution in [0.3, 0.4) is 0 Å². The summed E-state index contributed by atoms with van der Waals surface area (Å²) in [7, 11) is 1.59. The van der Waals surface area contributed by atoms with E-state index in [2.05, 4.69) is 27.1 Å². The Morgan fingerprint density at radius 1 is 1.20 bits per heavy atom. The highest BCUT2D eigenvalue weighted by Gasteiger charge is 2.13. The van der Waals surface area contributed by atoms with Gasteiger partial charge in [-0.3, -0.25) is 14.7 Å². The van der Waals surface area contributed by atoms with Crippen molar-refractivity contribution in [3.8, 4) is 5.75 Å². The molecule has 0 spiro atoms. The number of nitrogens with one attached hydrogen (secondary N) is 2. The number of carbonyl (C=O) groups is 1. The van der Waals surface area contributed by atoms with Crippen LogP contribution < -0.4 is 16.4 Å². The van der Waals surface area contributed by atoms with Crippen LogP contribution in [0.2, 0.25) is 0 Å². The molecule has 186 valence electrons. The largest absolute Gasteiger partial charge is 0.507 e. The molecule has 1 aliphatic rings. The first-order chi connectivity index (χ1) is 17.0. The van der Waals surface area contributed by atoms with Crippen LogP contribution in [0.5, 0.6) is 5.75 Å². The van der Waals surface area contributed by atoms with E-state index < -0.39 is 0 Å². The van der Waals surface area contributed by atoms with Crippen molar-refractivity contribution >= 4 is 17.3 Å². The average molecular weight is 478 g/mol. The van der Waals surface area contributed by atoms with Crippen molar-refractivity contribution in [1.29, 1.82) is 0 Å². The van der Waals surface area contributed by atoms with Gasteiger partial charge in [0.2, 0.25) is 5.91 Å². The number of nitrogens with two attached hydrogens (primary N) is 1. The molecule has 0 unspecified atom stereocenters. The number of piperazine rings is 1. The number of phenolic OH excluding ortho intramolecular Hbond substituents is 1. The zero-order chi connectivity index (χ0) is 25.0. The number of hydrogen-bond donors (Lipinski definition) is 4. The van der Waals surface area contributed by atoms with Crippen LogP contribution in [0.1, 0.15) is 16.7 Å². The summed E-state index contributed by atoms with van der Waals surface area (Å²) in [6.45, 7) is 9.03. The van der Waals surface area contributed by atoms with E-state index in [-0.39, 0.29) is 17.5 Å². The molecule has 1 amide bonds. The minimum absolute atomic E-state index is 0.0456. The summed E-state index contributed by atoms with van der Waals surface area (Å²) >= 11 is 0. The van der Waals surface area contributed by atoms with Crippen LogP contribution in [0.25, 0.3) is 5.57 Å². The highest BCUT2D eigenvalue weighted by molar-refractivity contribution is 5.97. The minimum Gasteiger partial charge on any atom is -0.507 e. The number of aromatic hydroxyl groups is 1. The zero-order valence-corrected chi connectivity index (χ0v) is 20.3. The molecule has 0 bridgehead atoms. The molecule has 1 fully saturated rings. The first-order valence-corrected chi connectivity index (χ1v) is 11.8. The molecule has 0 aromatic heterocycles. The standard InChI is InChI=1S/C27H35N5O3/c1-20(23-5-3-4-6-24(23)33)17-25(27(28)29-2)35-16-11-21-7-9-22(10-8-21)18-31-26(34)19-32-14-12-30-13-15-32/h3-10,17,30,33H,1,11-16,18-19H2,2H3,(H2,28,29)(H,31,34)/b25-17+. The summed E-state index contributed by atoms with van der Waals surface area (Å²) in [5, 5.41) is 16.3. The fourth-order valence-electron chi connectivity index (χ4n) is 3.71. The van der Waals surface area contributed by atoms with Crippen molar-refractivity contribution < 1.29 is 14.6 Å². The molecule has 8 nitrogen and oxygen atoms in total. The lowest BCUT2D eigenvalue weighted by molar-refractivity contribution is -0.122. The van der Waals surface area contributed by atoms with Gasteiger partial charge in [0.1, 0.15) is 5.75 Å². The number of benzene rings is 2. The van der Waals surface area contributed by atoms with Gasteiger partial charge in [-0.2, -0.15) is 0 Å². The molecule has 0 aliphatic carbocycles. The normalized spacial score (nSPS) is 15.0. The second kappa shape index (κ2) is 13.3. The molecule has 2 aromatic rings. The Morgan fingerprint density at radius 2 is 1.89 bits per heavy atom. The predicted molar refractivity (Wildman–Crippen MR) is 140 cm³/mol. The first kappa shape index (κ1) is 26.0. The Morgan fingerprint density at radius 3 is 2.57 bits per heavy atom. The van der Waals surface area contributed by atoms with E-state index in [1.807, 2.05) is 30.3 Å². The lowest BCUT2D eigenvalue weighted by Gasteiger charge is -2.26. The summed E-state index contributed by atoms with van der Waals surface area (Å²) < 4.78 is 5.91. The maximum atomic E-state index is 12.2. The summed E-state index contributed by atoms with van der Waals surface area (Å²) in [6.07, 6.45) is 2.36. The van der Waals surface area contributed by atoms with Gasteiger partial charge in [-0.25, -0.2) is 0 Å². The molecule has 0 saturated carbocycles. The van der Waals surface area contributed by atoms with Crippen molar-refractivity contribution in [3.05, 3.63) is 83.6 Å². The molecule has 1 aliphatic heterocycles. The van der Waals surface area contributed by atoms with Crippen molar-refractivity contribution in [2.75, 3.05) is 46.4 Å².